The van der Waals surface area contributed by atoms with Crippen LogP contribution in [0.25, 0.3) is 0 Å². The van der Waals surface area contributed by atoms with E-state index in [0.717, 1.165) is 25.4 Å². The number of carbonyl (C=O) groups is 1. The summed E-state index contributed by atoms with van der Waals surface area (Å²) in [4.78, 5) is 13.7. The van der Waals surface area contributed by atoms with E-state index in [1.54, 1.807) is 7.05 Å². The molecule has 1 saturated carbocycles. The second kappa shape index (κ2) is 5.64. The van der Waals surface area contributed by atoms with Crippen LogP contribution in [-0.4, -0.2) is 43.0 Å². The number of nitrogens with two attached hydrogens (primary N) is 1. The van der Waals surface area contributed by atoms with Crippen LogP contribution in [0.4, 0.5) is 0 Å². The molecule has 3 N–H and O–H groups in total. The van der Waals surface area contributed by atoms with Gasteiger partial charge in [-0.1, -0.05) is 6.42 Å². The number of amides is 1. The van der Waals surface area contributed by atoms with Crippen molar-refractivity contribution >= 4 is 5.91 Å². The zero-order valence-electron chi connectivity index (χ0n) is 10.8. The number of primary amides is 1. The van der Waals surface area contributed by atoms with Crippen molar-refractivity contribution < 1.29 is 4.79 Å². The van der Waals surface area contributed by atoms with Gasteiger partial charge in [-0.25, -0.2) is 0 Å². The SMILES string of the molecule is CNC(C)(CCCN(C)C1CCC1)C(N)=O. The van der Waals surface area contributed by atoms with Gasteiger partial charge in [0, 0.05) is 6.04 Å². The molecular formula is C12H25N3O. The third kappa shape index (κ3) is 3.19. The molecule has 4 nitrogen and oxygen atoms in total. The molecule has 0 saturated heterocycles. The van der Waals surface area contributed by atoms with Gasteiger partial charge in [0.15, 0.2) is 0 Å². The first-order chi connectivity index (χ1) is 7.49. The Balaban J connectivity index is 2.25. The molecule has 0 spiro atoms. The number of carbonyl (C=O) groups excluding carboxylic acids is 1. The molecule has 0 aromatic carbocycles. The Morgan fingerprint density at radius 2 is 2.19 bits per heavy atom. The Labute approximate surface area is 98.6 Å². The minimum absolute atomic E-state index is 0.263. The molecule has 1 fully saturated rings. The minimum Gasteiger partial charge on any atom is -0.368 e. The summed E-state index contributed by atoms with van der Waals surface area (Å²) in [5, 5.41) is 3.02. The second-order valence-electron chi connectivity index (χ2n) is 5.12. The van der Waals surface area contributed by atoms with Crippen LogP contribution in [-0.2, 0) is 4.79 Å². The first-order valence-corrected chi connectivity index (χ1v) is 6.18. The highest BCUT2D eigenvalue weighted by Gasteiger charge is 2.29. The van der Waals surface area contributed by atoms with Gasteiger partial charge in [0.2, 0.25) is 5.91 Å². The van der Waals surface area contributed by atoms with Crippen LogP contribution in [0.1, 0.15) is 39.0 Å². The van der Waals surface area contributed by atoms with Crippen molar-refractivity contribution in [1.82, 2.24) is 10.2 Å². The molecule has 0 aromatic heterocycles. The fraction of sp³-hybridized carbons (Fsp3) is 0.917. The highest BCUT2D eigenvalue weighted by Crippen LogP contribution is 2.24. The summed E-state index contributed by atoms with van der Waals surface area (Å²) in [6.45, 7) is 2.92. The lowest BCUT2D eigenvalue weighted by molar-refractivity contribution is -0.123. The Bertz CT molecular complexity index is 240. The predicted octanol–water partition coefficient (Wildman–Crippen LogP) is 0.714. The number of hydrogen-bond donors (Lipinski definition) is 2. The fourth-order valence-corrected chi connectivity index (χ4v) is 2.06. The monoisotopic (exact) mass is 227 g/mol. The first-order valence-electron chi connectivity index (χ1n) is 6.18. The maximum absolute atomic E-state index is 11.3. The van der Waals surface area contributed by atoms with Gasteiger partial charge < -0.3 is 16.0 Å². The van der Waals surface area contributed by atoms with Crippen molar-refractivity contribution in [2.24, 2.45) is 5.73 Å². The Hall–Kier alpha value is -0.610. The molecule has 16 heavy (non-hydrogen) atoms. The zero-order chi connectivity index (χ0) is 12.2. The van der Waals surface area contributed by atoms with Crippen molar-refractivity contribution in [3.63, 3.8) is 0 Å². The molecule has 0 bridgehead atoms. The van der Waals surface area contributed by atoms with E-state index in [2.05, 4.69) is 17.3 Å². The molecule has 4 heteroatoms. The lowest BCUT2D eigenvalue weighted by Gasteiger charge is -2.35. The van der Waals surface area contributed by atoms with Gasteiger partial charge in [-0.3, -0.25) is 4.79 Å². The molecule has 1 unspecified atom stereocenters. The predicted molar refractivity (Wildman–Crippen MR) is 66.2 cm³/mol. The van der Waals surface area contributed by atoms with Crippen molar-refractivity contribution in [3.8, 4) is 0 Å². The Morgan fingerprint density at radius 3 is 2.56 bits per heavy atom. The number of nitrogens with zero attached hydrogens (tertiary/aromatic N) is 1. The third-order valence-corrected chi connectivity index (χ3v) is 3.98. The molecule has 0 aliphatic heterocycles. The Kier molecular flexibility index (Phi) is 4.74. The standard InChI is InChI=1S/C12H25N3O/c1-12(14-2,11(13)16)8-5-9-15(3)10-6-4-7-10/h10,14H,4-9H2,1-3H3,(H2,13,16). The molecular weight excluding hydrogens is 202 g/mol. The summed E-state index contributed by atoms with van der Waals surface area (Å²) >= 11 is 0. The van der Waals surface area contributed by atoms with E-state index < -0.39 is 5.54 Å². The average Bonchev–Trinajstić information content (AvgIpc) is 2.14. The minimum atomic E-state index is -0.555. The molecule has 1 aliphatic rings. The fourth-order valence-electron chi connectivity index (χ4n) is 2.06. The number of rotatable bonds is 7. The lowest BCUT2D eigenvalue weighted by Crippen LogP contribution is -2.51. The van der Waals surface area contributed by atoms with E-state index in [-0.39, 0.29) is 5.91 Å². The van der Waals surface area contributed by atoms with E-state index in [9.17, 15) is 4.79 Å². The van der Waals surface area contributed by atoms with Crippen LogP contribution in [0.2, 0.25) is 0 Å². The molecule has 1 aliphatic carbocycles. The van der Waals surface area contributed by atoms with E-state index in [0.29, 0.717) is 0 Å². The Morgan fingerprint density at radius 1 is 1.56 bits per heavy atom. The van der Waals surface area contributed by atoms with Crippen LogP contribution in [0.3, 0.4) is 0 Å². The molecule has 0 radical (unpaired) electrons. The van der Waals surface area contributed by atoms with Crippen LogP contribution < -0.4 is 11.1 Å². The second-order valence-corrected chi connectivity index (χ2v) is 5.12. The van der Waals surface area contributed by atoms with Crippen LogP contribution in [0.15, 0.2) is 0 Å². The van der Waals surface area contributed by atoms with Crippen LogP contribution >= 0.6 is 0 Å². The molecule has 1 atom stereocenters. The van der Waals surface area contributed by atoms with E-state index in [1.807, 2.05) is 6.92 Å². The van der Waals surface area contributed by atoms with Gasteiger partial charge in [-0.15, -0.1) is 0 Å². The summed E-state index contributed by atoms with van der Waals surface area (Å²) in [5.74, 6) is -0.263. The quantitative estimate of drug-likeness (QED) is 0.673. The van der Waals surface area contributed by atoms with Gasteiger partial charge >= 0.3 is 0 Å². The van der Waals surface area contributed by atoms with E-state index in [1.165, 1.54) is 19.3 Å². The third-order valence-electron chi connectivity index (χ3n) is 3.98. The summed E-state index contributed by atoms with van der Waals surface area (Å²) in [6.07, 6.45) is 5.83. The maximum atomic E-state index is 11.3. The van der Waals surface area contributed by atoms with Crippen LogP contribution in [0.5, 0.6) is 0 Å². The molecule has 0 heterocycles. The summed E-state index contributed by atoms with van der Waals surface area (Å²) in [7, 11) is 3.96. The summed E-state index contributed by atoms with van der Waals surface area (Å²) in [5.41, 5.74) is 4.83. The molecule has 1 amide bonds. The largest absolute Gasteiger partial charge is 0.368 e. The smallest absolute Gasteiger partial charge is 0.237 e. The van der Waals surface area contributed by atoms with E-state index in [4.69, 9.17) is 5.73 Å². The molecule has 1 rings (SSSR count). The molecule has 0 aromatic rings. The van der Waals surface area contributed by atoms with Gasteiger partial charge in [0.1, 0.15) is 0 Å². The van der Waals surface area contributed by atoms with Gasteiger partial charge in [-0.05, 0) is 53.2 Å². The first kappa shape index (κ1) is 13.5. The van der Waals surface area contributed by atoms with Crippen molar-refractivity contribution in [3.05, 3.63) is 0 Å². The zero-order valence-corrected chi connectivity index (χ0v) is 10.8. The number of likely N-dealkylation sites (N-methyl/N-ethyl adjacent to an activating group) is 1. The van der Waals surface area contributed by atoms with Crippen molar-refractivity contribution in [2.75, 3.05) is 20.6 Å². The lowest BCUT2D eigenvalue weighted by atomic mass is 9.91. The van der Waals surface area contributed by atoms with Gasteiger partial charge in [0.25, 0.3) is 0 Å². The number of nitrogens with one attached hydrogen (secondary N) is 1. The maximum Gasteiger partial charge on any atom is 0.237 e. The van der Waals surface area contributed by atoms with Gasteiger partial charge in [0.05, 0.1) is 5.54 Å². The summed E-state index contributed by atoms with van der Waals surface area (Å²) in [6, 6.07) is 0.773. The number of hydrogen-bond acceptors (Lipinski definition) is 3. The van der Waals surface area contributed by atoms with Crippen molar-refractivity contribution in [2.45, 2.75) is 50.6 Å². The topological polar surface area (TPSA) is 58.4 Å². The molecule has 94 valence electrons. The normalized spacial score (nSPS) is 20.5. The average molecular weight is 227 g/mol. The summed E-state index contributed by atoms with van der Waals surface area (Å²) < 4.78 is 0. The van der Waals surface area contributed by atoms with Gasteiger partial charge in [-0.2, -0.15) is 0 Å². The van der Waals surface area contributed by atoms with Crippen molar-refractivity contribution in [1.29, 1.82) is 0 Å². The van der Waals surface area contributed by atoms with Crippen LogP contribution in [0, 0.1) is 0 Å². The van der Waals surface area contributed by atoms with E-state index >= 15 is 0 Å². The highest BCUT2D eigenvalue weighted by atomic mass is 16.1. The highest BCUT2D eigenvalue weighted by molar-refractivity contribution is 5.84.